The van der Waals surface area contributed by atoms with Crippen LogP contribution in [0.3, 0.4) is 0 Å². The highest BCUT2D eigenvalue weighted by Crippen LogP contribution is 2.37. The average molecular weight is 490 g/mol. The van der Waals surface area contributed by atoms with Crippen molar-refractivity contribution in [1.29, 1.82) is 0 Å². The Labute approximate surface area is 201 Å². The number of amides is 1. The molecule has 3 atom stereocenters. The fourth-order valence-electron chi connectivity index (χ4n) is 5.70. The summed E-state index contributed by atoms with van der Waals surface area (Å²) in [5.74, 6) is -3.33. The number of imidazole rings is 1. The van der Waals surface area contributed by atoms with Crippen LogP contribution in [0.25, 0.3) is 6.08 Å². The van der Waals surface area contributed by atoms with E-state index in [4.69, 9.17) is 0 Å². The minimum atomic E-state index is -1.18. The minimum absolute atomic E-state index is 0.0230. The molecule has 35 heavy (non-hydrogen) atoms. The Bertz CT molecular complexity index is 1240. The van der Waals surface area contributed by atoms with E-state index >= 15 is 0 Å². The van der Waals surface area contributed by atoms with Gasteiger partial charge in [0.2, 0.25) is 0 Å². The molecule has 0 radical (unpaired) electrons. The Morgan fingerprint density at radius 3 is 2.34 bits per heavy atom. The SMILES string of the molecule is Cn1c2c([nH]c1=O)C=CC(N1CC3CCC1CN3C(=O)c1c(F)cc(F)cc1F)N2CC(C)(C)C. The molecule has 0 saturated carbocycles. The van der Waals surface area contributed by atoms with Gasteiger partial charge in [-0.3, -0.25) is 14.3 Å². The zero-order chi connectivity index (χ0) is 25.2. The number of nitrogens with one attached hydrogen (secondary N) is 1. The van der Waals surface area contributed by atoms with E-state index in [0.29, 0.717) is 31.8 Å². The minimum Gasteiger partial charge on any atom is -0.336 e. The number of fused-ring (bicyclic) bond motifs is 4. The normalized spacial score (nSPS) is 24.3. The predicted octanol–water partition coefficient (Wildman–Crippen LogP) is 3.33. The van der Waals surface area contributed by atoms with E-state index in [2.05, 4.69) is 41.6 Å². The Morgan fingerprint density at radius 1 is 1.09 bits per heavy atom. The zero-order valence-electron chi connectivity index (χ0n) is 20.3. The lowest BCUT2D eigenvalue weighted by molar-refractivity contribution is -0.0251. The Morgan fingerprint density at radius 2 is 1.74 bits per heavy atom. The van der Waals surface area contributed by atoms with Gasteiger partial charge in [-0.25, -0.2) is 18.0 Å². The molecule has 4 aliphatic heterocycles. The number of hydrogen-bond donors (Lipinski definition) is 1. The van der Waals surface area contributed by atoms with Crippen molar-refractivity contribution < 1.29 is 18.0 Å². The van der Waals surface area contributed by atoms with E-state index in [9.17, 15) is 22.8 Å². The number of rotatable bonds is 3. The summed E-state index contributed by atoms with van der Waals surface area (Å²) in [6.07, 6.45) is 5.43. The highest BCUT2D eigenvalue weighted by atomic mass is 19.1. The lowest BCUT2D eigenvalue weighted by Crippen LogP contribution is -2.68. The maximum atomic E-state index is 14.3. The van der Waals surface area contributed by atoms with Crippen LogP contribution in [0.2, 0.25) is 0 Å². The van der Waals surface area contributed by atoms with Crippen molar-refractivity contribution >= 4 is 17.8 Å². The third kappa shape index (κ3) is 4.07. The summed E-state index contributed by atoms with van der Waals surface area (Å²) < 4.78 is 43.6. The first kappa shape index (κ1) is 23.7. The van der Waals surface area contributed by atoms with Crippen molar-refractivity contribution in [2.24, 2.45) is 12.5 Å². The van der Waals surface area contributed by atoms with Gasteiger partial charge in [0.15, 0.2) is 0 Å². The Balaban J connectivity index is 1.43. The molecule has 4 aliphatic rings. The third-order valence-electron chi connectivity index (χ3n) is 7.17. The van der Waals surface area contributed by atoms with E-state index in [-0.39, 0.29) is 29.4 Å². The van der Waals surface area contributed by atoms with Gasteiger partial charge < -0.3 is 14.8 Å². The fraction of sp³-hybridized carbons (Fsp3) is 0.520. The van der Waals surface area contributed by atoms with Gasteiger partial charge in [0.25, 0.3) is 5.91 Å². The van der Waals surface area contributed by atoms with Crippen LogP contribution in [0.15, 0.2) is 23.0 Å². The van der Waals surface area contributed by atoms with Crippen LogP contribution in [0, 0.1) is 22.9 Å². The second-order valence-corrected chi connectivity index (χ2v) is 11.0. The molecule has 1 aromatic carbocycles. The number of piperazine rings is 1. The molecule has 6 rings (SSSR count). The van der Waals surface area contributed by atoms with Gasteiger partial charge in [-0.05, 0) is 30.4 Å². The number of halogens is 3. The number of H-pyrrole nitrogens is 1. The first-order valence-corrected chi connectivity index (χ1v) is 11.9. The molecule has 10 heteroatoms. The highest BCUT2D eigenvalue weighted by molar-refractivity contribution is 5.95. The van der Waals surface area contributed by atoms with E-state index < -0.39 is 28.9 Å². The van der Waals surface area contributed by atoms with Crippen LogP contribution in [0.4, 0.5) is 19.0 Å². The van der Waals surface area contributed by atoms with Crippen molar-refractivity contribution in [3.8, 4) is 0 Å². The Kier molecular flexibility index (Phi) is 5.62. The molecule has 1 N–H and O–H groups in total. The van der Waals surface area contributed by atoms with Gasteiger partial charge in [0.1, 0.15) is 35.0 Å². The van der Waals surface area contributed by atoms with Crippen LogP contribution < -0.4 is 10.6 Å². The van der Waals surface area contributed by atoms with E-state index in [1.165, 1.54) is 4.90 Å². The number of aromatic amines is 1. The van der Waals surface area contributed by atoms with Crippen molar-refractivity contribution in [2.45, 2.75) is 51.9 Å². The molecule has 5 heterocycles. The van der Waals surface area contributed by atoms with E-state index in [1.807, 2.05) is 6.08 Å². The van der Waals surface area contributed by atoms with Crippen molar-refractivity contribution in [2.75, 3.05) is 24.5 Å². The molecule has 1 amide bonds. The number of piperidine rings is 2. The molecule has 1 aromatic heterocycles. The zero-order valence-corrected chi connectivity index (χ0v) is 20.3. The molecule has 3 saturated heterocycles. The fourth-order valence-corrected chi connectivity index (χ4v) is 5.70. The number of aromatic nitrogens is 2. The van der Waals surface area contributed by atoms with Crippen LogP contribution in [-0.4, -0.2) is 63.1 Å². The number of carbonyl (C=O) groups excluding carboxylic acids is 1. The highest BCUT2D eigenvalue weighted by Gasteiger charge is 2.46. The summed E-state index contributed by atoms with van der Waals surface area (Å²) in [7, 11) is 1.75. The third-order valence-corrected chi connectivity index (χ3v) is 7.17. The second kappa shape index (κ2) is 8.29. The monoisotopic (exact) mass is 489 g/mol. The van der Waals surface area contributed by atoms with Gasteiger partial charge in [-0.2, -0.15) is 0 Å². The van der Waals surface area contributed by atoms with Gasteiger partial charge in [0, 0.05) is 50.9 Å². The summed E-state index contributed by atoms with van der Waals surface area (Å²) in [5.41, 5.74) is -0.175. The standard InChI is InChI=1S/C25H30F3N5O2/c1-25(2,3)13-33-20(8-7-19-22(33)30(4)24(35)29-19)31-11-16-6-5-15(31)12-32(16)23(34)21-17(27)9-14(26)10-18(21)28/h7-10,15-16,20H,5-6,11-13H2,1-4H3,(H,29,35). The van der Waals surface area contributed by atoms with Crippen LogP contribution in [-0.2, 0) is 7.05 Å². The van der Waals surface area contributed by atoms with Crippen LogP contribution in [0.5, 0.6) is 0 Å². The Hall–Kier alpha value is -3.01. The van der Waals surface area contributed by atoms with Crippen molar-refractivity contribution in [3.63, 3.8) is 0 Å². The van der Waals surface area contributed by atoms with Crippen LogP contribution >= 0.6 is 0 Å². The number of anilines is 1. The lowest BCUT2D eigenvalue weighted by atomic mass is 9.88. The van der Waals surface area contributed by atoms with E-state index in [0.717, 1.165) is 24.4 Å². The topological polar surface area (TPSA) is 64.6 Å². The maximum Gasteiger partial charge on any atom is 0.327 e. The second-order valence-electron chi connectivity index (χ2n) is 11.0. The smallest absolute Gasteiger partial charge is 0.327 e. The number of nitrogens with zero attached hydrogens (tertiary/aromatic N) is 4. The summed E-state index contributed by atoms with van der Waals surface area (Å²) in [5, 5.41) is 0. The van der Waals surface area contributed by atoms with Crippen LogP contribution in [0.1, 0.15) is 49.7 Å². The van der Waals surface area contributed by atoms with Crippen molar-refractivity contribution in [3.05, 3.63) is 57.4 Å². The summed E-state index contributed by atoms with van der Waals surface area (Å²) in [6, 6.07) is 0.837. The molecular formula is C25H30F3N5O2. The molecule has 0 spiro atoms. The van der Waals surface area contributed by atoms with E-state index in [1.54, 1.807) is 11.6 Å². The molecule has 3 fully saturated rings. The quantitative estimate of drug-likeness (QED) is 0.719. The molecule has 0 aliphatic carbocycles. The molecule has 3 unspecified atom stereocenters. The molecule has 188 valence electrons. The molecular weight excluding hydrogens is 459 g/mol. The average Bonchev–Trinajstić information content (AvgIpc) is 3.06. The van der Waals surface area contributed by atoms with Crippen molar-refractivity contribution in [1.82, 2.24) is 19.4 Å². The van der Waals surface area contributed by atoms with Gasteiger partial charge in [-0.1, -0.05) is 20.8 Å². The van der Waals surface area contributed by atoms with Gasteiger partial charge in [-0.15, -0.1) is 0 Å². The molecule has 2 bridgehead atoms. The molecule has 2 aromatic rings. The summed E-state index contributed by atoms with van der Waals surface area (Å²) in [4.78, 5) is 34.5. The number of benzene rings is 1. The lowest BCUT2D eigenvalue weighted by Gasteiger charge is -2.56. The maximum absolute atomic E-state index is 14.3. The molecule has 7 nitrogen and oxygen atoms in total. The number of hydrogen-bond acceptors (Lipinski definition) is 4. The predicted molar refractivity (Wildman–Crippen MR) is 127 cm³/mol. The first-order chi connectivity index (χ1) is 16.4. The van der Waals surface area contributed by atoms with Gasteiger partial charge >= 0.3 is 5.69 Å². The largest absolute Gasteiger partial charge is 0.336 e. The summed E-state index contributed by atoms with van der Waals surface area (Å²) in [6.45, 7) is 7.98. The summed E-state index contributed by atoms with van der Waals surface area (Å²) >= 11 is 0. The first-order valence-electron chi connectivity index (χ1n) is 11.9. The number of carbonyl (C=O) groups is 1. The van der Waals surface area contributed by atoms with Gasteiger partial charge in [0.05, 0.1) is 5.69 Å².